The van der Waals surface area contributed by atoms with Gasteiger partial charge in [0, 0.05) is 25.6 Å². The van der Waals surface area contributed by atoms with E-state index in [9.17, 15) is 20.0 Å². The molecule has 148 valence electrons. The number of nitro benzene ring substituents is 1. The number of nitrogens with one attached hydrogen (secondary N) is 1. The van der Waals surface area contributed by atoms with E-state index < -0.39 is 10.9 Å². The highest BCUT2D eigenvalue weighted by atomic mass is 32.2. The molecule has 0 spiro atoms. The topological polar surface area (TPSA) is 125 Å². The molecule has 0 aliphatic carbocycles. The van der Waals surface area contributed by atoms with Crippen LogP contribution in [0.3, 0.4) is 0 Å². The van der Waals surface area contributed by atoms with Gasteiger partial charge in [-0.05, 0) is 48.7 Å². The lowest BCUT2D eigenvalue weighted by Crippen LogP contribution is -2.29. The van der Waals surface area contributed by atoms with Gasteiger partial charge in [0.1, 0.15) is 16.4 Å². The summed E-state index contributed by atoms with van der Waals surface area (Å²) in [6.07, 6.45) is 5.21. The van der Waals surface area contributed by atoms with Gasteiger partial charge in [-0.15, -0.1) is 5.10 Å². The van der Waals surface area contributed by atoms with E-state index in [0.717, 1.165) is 44.1 Å². The van der Waals surface area contributed by atoms with Gasteiger partial charge in [-0.2, -0.15) is 0 Å². The maximum absolute atomic E-state index is 11.6. The molecule has 1 aromatic carbocycles. The zero-order valence-corrected chi connectivity index (χ0v) is 16.2. The number of rotatable bonds is 7. The highest BCUT2D eigenvalue weighted by molar-refractivity contribution is 8.04. The van der Waals surface area contributed by atoms with Gasteiger partial charge in [-0.25, -0.2) is 9.78 Å². The molecule has 2 aromatic rings. The second-order valence-electron chi connectivity index (χ2n) is 6.39. The van der Waals surface area contributed by atoms with Gasteiger partial charge in [0.15, 0.2) is 0 Å². The number of piperidine rings is 1. The number of nitrogens with zero attached hydrogens (tertiary/aromatic N) is 4. The van der Waals surface area contributed by atoms with Crippen LogP contribution in [0.15, 0.2) is 28.3 Å². The minimum absolute atomic E-state index is 0.0123. The van der Waals surface area contributed by atoms with Crippen LogP contribution in [-0.4, -0.2) is 44.3 Å². The number of aromatic nitrogens is 3. The maximum atomic E-state index is 11.6. The summed E-state index contributed by atoms with van der Waals surface area (Å²) < 4.78 is 0. The summed E-state index contributed by atoms with van der Waals surface area (Å²) in [5, 5.41) is 28.1. The van der Waals surface area contributed by atoms with E-state index in [1.807, 2.05) is 11.8 Å². The first kappa shape index (κ1) is 19.9. The Morgan fingerprint density at radius 1 is 1.39 bits per heavy atom. The lowest BCUT2D eigenvalue weighted by molar-refractivity contribution is -0.384. The number of H-pyrrole nitrogens is 1. The summed E-state index contributed by atoms with van der Waals surface area (Å²) in [5.41, 5.74) is 1.01. The first-order valence-corrected chi connectivity index (χ1v) is 9.87. The summed E-state index contributed by atoms with van der Waals surface area (Å²) in [7, 11) is 0. The molecule has 3 rings (SSSR count). The molecule has 1 aliphatic heterocycles. The van der Waals surface area contributed by atoms with Gasteiger partial charge in [-0.1, -0.05) is 13.0 Å². The third kappa shape index (κ3) is 4.69. The SMILES string of the molecule is CCc1nc(S/C(=C/c2ccc(N3CCCCC3)c([N+](=O)[O-])c2)C(=O)O)n[nH]1. The molecule has 1 aliphatic rings. The van der Waals surface area contributed by atoms with Crippen LogP contribution in [0.5, 0.6) is 0 Å². The highest BCUT2D eigenvalue weighted by Gasteiger charge is 2.22. The minimum atomic E-state index is -1.14. The highest BCUT2D eigenvalue weighted by Crippen LogP contribution is 2.33. The summed E-state index contributed by atoms with van der Waals surface area (Å²) in [6.45, 7) is 3.49. The van der Waals surface area contributed by atoms with Gasteiger partial charge in [0.25, 0.3) is 5.69 Å². The Bertz CT molecular complexity index is 905. The lowest BCUT2D eigenvalue weighted by Gasteiger charge is -2.28. The predicted octanol–water partition coefficient (Wildman–Crippen LogP) is 3.48. The third-order valence-corrected chi connectivity index (χ3v) is 5.33. The van der Waals surface area contributed by atoms with Gasteiger partial charge in [0.05, 0.1) is 4.92 Å². The Morgan fingerprint density at radius 3 is 2.75 bits per heavy atom. The largest absolute Gasteiger partial charge is 0.477 e. The van der Waals surface area contributed by atoms with Crippen LogP contribution in [0.25, 0.3) is 6.08 Å². The van der Waals surface area contributed by atoms with E-state index >= 15 is 0 Å². The van der Waals surface area contributed by atoms with Crippen molar-refractivity contribution in [3.63, 3.8) is 0 Å². The molecule has 0 saturated carbocycles. The quantitative estimate of drug-likeness (QED) is 0.311. The van der Waals surface area contributed by atoms with E-state index in [0.29, 0.717) is 28.7 Å². The Kier molecular flexibility index (Phi) is 6.30. The van der Waals surface area contributed by atoms with Crippen LogP contribution in [0.4, 0.5) is 11.4 Å². The Hall–Kier alpha value is -2.88. The van der Waals surface area contributed by atoms with Crippen LogP contribution >= 0.6 is 11.8 Å². The molecule has 0 unspecified atom stereocenters. The first-order valence-electron chi connectivity index (χ1n) is 9.05. The van der Waals surface area contributed by atoms with Crippen molar-refractivity contribution < 1.29 is 14.8 Å². The average molecular weight is 403 g/mol. The summed E-state index contributed by atoms with van der Waals surface area (Å²) in [5.74, 6) is -0.482. The molecular formula is C18H21N5O4S. The molecule has 0 bridgehead atoms. The fourth-order valence-corrected chi connectivity index (χ4v) is 3.77. The fourth-order valence-electron chi connectivity index (χ4n) is 3.04. The molecule has 0 radical (unpaired) electrons. The van der Waals surface area contributed by atoms with Crippen molar-refractivity contribution in [1.82, 2.24) is 15.2 Å². The van der Waals surface area contributed by atoms with Crippen molar-refractivity contribution >= 4 is 35.2 Å². The minimum Gasteiger partial charge on any atom is -0.477 e. The van der Waals surface area contributed by atoms with Crippen LogP contribution in [-0.2, 0) is 11.2 Å². The molecule has 2 N–H and O–H groups in total. The van der Waals surface area contributed by atoms with Crippen molar-refractivity contribution in [3.05, 3.63) is 44.6 Å². The average Bonchev–Trinajstić information content (AvgIpc) is 3.15. The monoisotopic (exact) mass is 403 g/mol. The summed E-state index contributed by atoms with van der Waals surface area (Å²) in [6, 6.07) is 4.82. The standard InChI is InChI=1S/C18H21N5O4S/c1-2-16-19-18(21-20-16)28-15(17(24)25)11-12-6-7-13(14(10-12)23(26)27)22-8-4-3-5-9-22/h6-7,10-11H,2-5,8-9H2,1H3,(H,24,25)(H,19,20,21)/b15-11+. The number of carboxylic acid groups (broad SMARTS) is 1. The number of hydrogen-bond donors (Lipinski definition) is 2. The van der Waals surface area contributed by atoms with Crippen molar-refractivity contribution in [2.45, 2.75) is 37.8 Å². The predicted molar refractivity (Wildman–Crippen MR) is 106 cm³/mol. The van der Waals surface area contributed by atoms with Crippen LogP contribution < -0.4 is 4.90 Å². The van der Waals surface area contributed by atoms with Gasteiger partial charge >= 0.3 is 5.97 Å². The van der Waals surface area contributed by atoms with E-state index in [2.05, 4.69) is 15.2 Å². The fraction of sp³-hybridized carbons (Fsp3) is 0.389. The van der Waals surface area contributed by atoms with Gasteiger partial charge in [0.2, 0.25) is 5.16 Å². The van der Waals surface area contributed by atoms with Gasteiger partial charge in [-0.3, -0.25) is 15.2 Å². The summed E-state index contributed by atoms with van der Waals surface area (Å²) >= 11 is 0.902. The summed E-state index contributed by atoms with van der Waals surface area (Å²) in [4.78, 5) is 29.0. The number of carboxylic acids is 1. The molecular weight excluding hydrogens is 382 g/mol. The molecule has 9 nitrogen and oxygen atoms in total. The molecule has 1 saturated heterocycles. The molecule has 0 amide bonds. The zero-order valence-electron chi connectivity index (χ0n) is 15.4. The van der Waals surface area contributed by atoms with Crippen LogP contribution in [0, 0.1) is 10.1 Å². The smallest absolute Gasteiger partial charge is 0.342 e. The zero-order chi connectivity index (χ0) is 20.1. The Labute approximate surface area is 166 Å². The third-order valence-electron chi connectivity index (χ3n) is 4.45. The number of hydrogen-bond acceptors (Lipinski definition) is 7. The van der Waals surface area contributed by atoms with Crippen molar-refractivity contribution in [1.29, 1.82) is 0 Å². The second-order valence-corrected chi connectivity index (χ2v) is 7.40. The number of nitro groups is 1. The van der Waals surface area contributed by atoms with E-state index in [1.165, 1.54) is 12.1 Å². The van der Waals surface area contributed by atoms with E-state index in [4.69, 9.17) is 0 Å². The van der Waals surface area contributed by atoms with E-state index in [1.54, 1.807) is 12.1 Å². The number of anilines is 1. The number of carbonyl (C=O) groups is 1. The molecule has 2 heterocycles. The normalized spacial score (nSPS) is 14.9. The first-order chi connectivity index (χ1) is 13.5. The van der Waals surface area contributed by atoms with Gasteiger partial charge < -0.3 is 10.0 Å². The number of aryl methyl sites for hydroxylation is 1. The van der Waals surface area contributed by atoms with Crippen molar-refractivity contribution in [2.75, 3.05) is 18.0 Å². The van der Waals surface area contributed by atoms with E-state index in [-0.39, 0.29) is 10.6 Å². The Balaban J connectivity index is 1.90. The molecule has 28 heavy (non-hydrogen) atoms. The lowest BCUT2D eigenvalue weighted by atomic mass is 10.1. The molecule has 1 aromatic heterocycles. The van der Waals surface area contributed by atoms with Crippen molar-refractivity contribution in [3.8, 4) is 0 Å². The van der Waals surface area contributed by atoms with Crippen LogP contribution in [0.2, 0.25) is 0 Å². The molecule has 0 atom stereocenters. The maximum Gasteiger partial charge on any atom is 0.342 e. The number of aliphatic carboxylic acids is 1. The second kappa shape index (κ2) is 8.87. The van der Waals surface area contributed by atoms with Crippen LogP contribution in [0.1, 0.15) is 37.6 Å². The number of aromatic amines is 1. The number of thioether (sulfide) groups is 1. The molecule has 1 fully saturated rings. The number of benzene rings is 1. The molecule has 10 heteroatoms. The Morgan fingerprint density at radius 2 is 2.14 bits per heavy atom. The van der Waals surface area contributed by atoms with Crippen molar-refractivity contribution in [2.24, 2.45) is 0 Å².